The molecule has 1 unspecified atom stereocenters. The van der Waals surface area contributed by atoms with E-state index in [1.54, 1.807) is 12.2 Å². The minimum Gasteiger partial charge on any atom is -0.466 e. The number of aliphatic hydroxyl groups is 2. The van der Waals surface area contributed by atoms with Crippen LogP contribution in [0.1, 0.15) is 171 Å². The minimum absolute atomic E-state index is 0.00423. The maximum atomic E-state index is 12.7. The molecular weight excluding hydrogens is 801 g/mol. The number of hydrogen-bond donors (Lipinski definition) is 4. The Kier molecular flexibility index (Phi) is 28.7. The minimum atomic E-state index is -4.47. The van der Waals surface area contributed by atoms with E-state index in [9.17, 15) is 34.1 Å². The van der Waals surface area contributed by atoms with Gasteiger partial charge in [0.2, 0.25) is 0 Å². The Balaban J connectivity index is 1.69. The summed E-state index contributed by atoms with van der Waals surface area (Å²) in [7, 11) is -4.47. The van der Waals surface area contributed by atoms with E-state index < -0.39 is 44.7 Å². The number of aliphatic hydroxyl groups excluding tert-OH is 2. The van der Waals surface area contributed by atoms with Crippen LogP contribution in [0, 0.1) is 25.7 Å². The maximum Gasteiger partial charge on any atom is 0.472 e. The average Bonchev–Trinajstić information content (AvgIpc) is 3.66. The molecule has 14 heteroatoms. The summed E-state index contributed by atoms with van der Waals surface area (Å²) >= 11 is 0. The van der Waals surface area contributed by atoms with E-state index in [1.165, 1.54) is 36.8 Å². The second-order valence-electron chi connectivity index (χ2n) is 16.6. The third-order valence-corrected chi connectivity index (χ3v) is 12.4. The molecule has 350 valence electrons. The van der Waals surface area contributed by atoms with E-state index >= 15 is 0 Å². The molecule has 1 aliphatic carbocycles. The summed E-state index contributed by atoms with van der Waals surface area (Å²) in [5.41, 5.74) is 7.98. The molecule has 5 N–H and O–H groups in total. The summed E-state index contributed by atoms with van der Waals surface area (Å²) in [6.07, 6.45) is 24.0. The summed E-state index contributed by atoms with van der Waals surface area (Å²) in [6.45, 7) is 7.59. The van der Waals surface area contributed by atoms with Crippen LogP contribution in [0.3, 0.4) is 0 Å². The number of allylic oxidation sites excluding steroid dienone is 2. The van der Waals surface area contributed by atoms with Crippen molar-refractivity contribution in [2.75, 3.05) is 26.4 Å². The summed E-state index contributed by atoms with van der Waals surface area (Å²) in [5, 5.41) is 20.7. The van der Waals surface area contributed by atoms with Crippen molar-refractivity contribution in [2.45, 2.75) is 194 Å². The van der Waals surface area contributed by atoms with Crippen molar-refractivity contribution in [3.63, 3.8) is 0 Å². The van der Waals surface area contributed by atoms with Gasteiger partial charge in [0.15, 0.2) is 6.10 Å². The Morgan fingerprint density at radius 1 is 0.836 bits per heavy atom. The second-order valence-corrected chi connectivity index (χ2v) is 18.1. The van der Waals surface area contributed by atoms with Gasteiger partial charge in [-0.25, -0.2) is 4.57 Å². The van der Waals surface area contributed by atoms with Crippen LogP contribution in [0.2, 0.25) is 0 Å². The molecule has 1 heterocycles. The van der Waals surface area contributed by atoms with Crippen LogP contribution in [-0.4, -0.2) is 77.5 Å². The molecule has 1 aromatic heterocycles. The predicted molar refractivity (Wildman–Crippen MR) is 238 cm³/mol. The third kappa shape index (κ3) is 23.6. The van der Waals surface area contributed by atoms with Crippen molar-refractivity contribution in [1.29, 1.82) is 0 Å². The number of unbranched alkanes of at least 4 members (excludes halogenated alkanes) is 12. The average molecular weight is 882 g/mol. The number of rotatable bonds is 36. The van der Waals surface area contributed by atoms with Crippen molar-refractivity contribution in [3.05, 3.63) is 47.0 Å². The van der Waals surface area contributed by atoms with Gasteiger partial charge < -0.3 is 34.7 Å². The molecule has 6 atom stereocenters. The number of ether oxygens (including phenoxy) is 2. The summed E-state index contributed by atoms with van der Waals surface area (Å²) in [6, 6.07) is 0. The highest BCUT2D eigenvalue weighted by molar-refractivity contribution is 7.47. The molecule has 0 saturated heterocycles. The fourth-order valence-corrected chi connectivity index (χ4v) is 8.32. The van der Waals surface area contributed by atoms with Gasteiger partial charge in [-0.3, -0.25) is 23.4 Å². The number of phosphoric ester groups is 1. The second kappa shape index (κ2) is 32.1. The topological polar surface area (TPSA) is 205 Å². The number of esters is 2. The van der Waals surface area contributed by atoms with E-state index in [0.717, 1.165) is 82.1 Å². The maximum absolute atomic E-state index is 12.7. The smallest absolute Gasteiger partial charge is 0.466 e. The van der Waals surface area contributed by atoms with Crippen LogP contribution < -0.4 is 5.73 Å². The van der Waals surface area contributed by atoms with E-state index in [4.69, 9.17) is 28.7 Å². The molecule has 61 heavy (non-hydrogen) atoms. The fourth-order valence-electron chi connectivity index (χ4n) is 7.56. The lowest BCUT2D eigenvalue weighted by Gasteiger charge is -2.19. The Bertz CT molecular complexity index is 1490. The van der Waals surface area contributed by atoms with Crippen molar-refractivity contribution < 1.29 is 57.0 Å². The molecule has 0 bridgehead atoms. The first-order valence-electron chi connectivity index (χ1n) is 23.3. The quantitative estimate of drug-likeness (QED) is 0.0215. The van der Waals surface area contributed by atoms with Gasteiger partial charge in [0, 0.05) is 50.5 Å². The summed E-state index contributed by atoms with van der Waals surface area (Å²) in [5.74, 6) is 0.504. The van der Waals surface area contributed by atoms with Crippen LogP contribution in [0.15, 0.2) is 28.7 Å². The van der Waals surface area contributed by atoms with Crippen LogP contribution in [0.25, 0.3) is 0 Å². The first-order chi connectivity index (χ1) is 29.3. The number of phosphoric acid groups is 1. The standard InChI is InChI=1S/C47H80NO12P/c1-5-7-17-23-38(49)29-30-41-40(42(50)33-43(41)51)24-19-15-16-22-28-47(53)59-39(35-58-61(54,55)57-32-31-48)34-56-46(52)27-21-14-12-10-9-11-13-20-26-45-37(4)36(3)44(60-45)25-18-8-6-2/h15,19,29-30,38-41,43,49,51H,5-14,16-18,20-28,31-35,48H2,1-4H3,(H,54,55)/b19-15-,30-29+/t38-,39+,40+,41+,43+/m0/s1. The van der Waals surface area contributed by atoms with Crippen LogP contribution >= 0.6 is 7.82 Å². The Labute approximate surface area is 366 Å². The molecule has 0 aliphatic heterocycles. The number of nitrogens with two attached hydrogens (primary N) is 1. The zero-order valence-corrected chi connectivity index (χ0v) is 38.7. The molecule has 1 saturated carbocycles. The molecule has 0 radical (unpaired) electrons. The lowest BCUT2D eigenvalue weighted by molar-refractivity contribution is -0.161. The van der Waals surface area contributed by atoms with Gasteiger partial charge in [0.25, 0.3) is 0 Å². The molecule has 0 amide bonds. The number of carbonyl (C=O) groups is 3. The SMILES string of the molecule is CCCCCc1oc(CCCCCCCCCCC(=O)OC[C@H](COP(=O)(O)OCCN)OC(=O)CCC/C=C\C[C@H]2C(=O)C[C@@H](O)[C@@H]2/C=C/[C@@H](O)CCCCC)c(C)c1C. The molecule has 13 nitrogen and oxygen atoms in total. The monoisotopic (exact) mass is 882 g/mol. The zero-order chi connectivity index (χ0) is 44.9. The highest BCUT2D eigenvalue weighted by Crippen LogP contribution is 2.43. The molecule has 2 rings (SSSR count). The lowest BCUT2D eigenvalue weighted by atomic mass is 9.90. The van der Waals surface area contributed by atoms with Gasteiger partial charge in [-0.2, -0.15) is 0 Å². The van der Waals surface area contributed by atoms with E-state index in [-0.39, 0.29) is 56.6 Å². The largest absolute Gasteiger partial charge is 0.472 e. The molecule has 0 aromatic carbocycles. The van der Waals surface area contributed by atoms with Crippen LogP contribution in [-0.2, 0) is 50.3 Å². The van der Waals surface area contributed by atoms with Gasteiger partial charge in [0.1, 0.15) is 23.9 Å². The van der Waals surface area contributed by atoms with Gasteiger partial charge >= 0.3 is 19.8 Å². The van der Waals surface area contributed by atoms with Crippen LogP contribution in [0.4, 0.5) is 0 Å². The first kappa shape index (κ1) is 54.5. The molecule has 1 aliphatic rings. The first-order valence-corrected chi connectivity index (χ1v) is 24.8. The zero-order valence-electron chi connectivity index (χ0n) is 37.8. The van der Waals surface area contributed by atoms with Crippen molar-refractivity contribution in [1.82, 2.24) is 0 Å². The van der Waals surface area contributed by atoms with E-state index in [0.29, 0.717) is 32.1 Å². The normalized spacial score (nSPS) is 18.9. The van der Waals surface area contributed by atoms with Gasteiger partial charge in [-0.1, -0.05) is 109 Å². The number of hydrogen-bond acceptors (Lipinski definition) is 12. The van der Waals surface area contributed by atoms with E-state index in [2.05, 4.69) is 27.7 Å². The van der Waals surface area contributed by atoms with Crippen molar-refractivity contribution >= 4 is 25.5 Å². The number of furan rings is 1. The summed E-state index contributed by atoms with van der Waals surface area (Å²) in [4.78, 5) is 47.8. The highest BCUT2D eigenvalue weighted by atomic mass is 31.2. The Morgan fingerprint density at radius 3 is 2.10 bits per heavy atom. The predicted octanol–water partition coefficient (Wildman–Crippen LogP) is 9.41. The number of carbonyl (C=O) groups excluding carboxylic acids is 3. The van der Waals surface area contributed by atoms with E-state index in [1.807, 2.05) is 12.2 Å². The number of aryl methyl sites for hydroxylation is 2. The number of ketones is 1. The Morgan fingerprint density at radius 2 is 1.44 bits per heavy atom. The summed E-state index contributed by atoms with van der Waals surface area (Å²) < 4.78 is 39.0. The lowest BCUT2D eigenvalue weighted by Crippen LogP contribution is -2.29. The van der Waals surface area contributed by atoms with Crippen molar-refractivity contribution in [2.24, 2.45) is 17.6 Å². The third-order valence-electron chi connectivity index (χ3n) is 11.4. The fraction of sp³-hybridized carbons (Fsp3) is 0.766. The van der Waals surface area contributed by atoms with Gasteiger partial charge in [0.05, 0.1) is 25.4 Å². The highest BCUT2D eigenvalue weighted by Gasteiger charge is 2.39. The molecule has 1 aromatic rings. The van der Waals surface area contributed by atoms with Gasteiger partial charge in [-0.15, -0.1) is 0 Å². The van der Waals surface area contributed by atoms with Gasteiger partial charge in [-0.05, 0) is 69.9 Å². The Hall–Kier alpha value is -2.64. The molecule has 0 spiro atoms. The molecular formula is C47H80NO12P. The molecule has 1 fully saturated rings. The van der Waals surface area contributed by atoms with Crippen molar-refractivity contribution in [3.8, 4) is 0 Å². The number of Topliss-reactive ketones (excluding diaryl/α,β-unsaturated/α-hetero) is 1. The van der Waals surface area contributed by atoms with Crippen LogP contribution in [0.5, 0.6) is 0 Å².